The Labute approximate surface area is 155 Å². The topological polar surface area (TPSA) is 76.3 Å². The Morgan fingerprint density at radius 1 is 1.07 bits per heavy atom. The van der Waals surface area contributed by atoms with Gasteiger partial charge in [-0.25, -0.2) is 4.39 Å². The summed E-state index contributed by atoms with van der Waals surface area (Å²) in [6.07, 6.45) is 0. The van der Waals surface area contributed by atoms with Gasteiger partial charge in [-0.05, 0) is 29.8 Å². The Morgan fingerprint density at radius 2 is 1.85 bits per heavy atom. The number of rotatable bonds is 2. The second-order valence-corrected chi connectivity index (χ2v) is 6.83. The molecular formula is C19H10FN3O3S. The molecule has 27 heavy (non-hydrogen) atoms. The summed E-state index contributed by atoms with van der Waals surface area (Å²) in [6, 6.07) is 11.7. The summed E-state index contributed by atoms with van der Waals surface area (Å²) >= 11 is 1.17. The van der Waals surface area contributed by atoms with Crippen LogP contribution in [0.5, 0.6) is 0 Å². The molecule has 0 saturated heterocycles. The first-order valence-electron chi connectivity index (χ1n) is 8.06. The van der Waals surface area contributed by atoms with E-state index in [2.05, 4.69) is 10.2 Å². The van der Waals surface area contributed by atoms with Crippen LogP contribution < -0.4 is 10.3 Å². The van der Waals surface area contributed by atoms with Crippen molar-refractivity contribution >= 4 is 33.3 Å². The lowest BCUT2D eigenvalue weighted by molar-refractivity contribution is 0.0970. The van der Waals surface area contributed by atoms with Gasteiger partial charge in [0.1, 0.15) is 16.9 Å². The minimum absolute atomic E-state index is 0.0248. The zero-order valence-corrected chi connectivity index (χ0v) is 14.4. The Morgan fingerprint density at radius 3 is 2.59 bits per heavy atom. The number of halogens is 1. The van der Waals surface area contributed by atoms with Crippen LogP contribution in [-0.2, 0) is 0 Å². The molecule has 1 atom stereocenters. The number of anilines is 1. The maximum Gasteiger partial charge on any atom is 0.297 e. The Kier molecular flexibility index (Phi) is 3.41. The first kappa shape index (κ1) is 15.8. The predicted octanol–water partition coefficient (Wildman–Crippen LogP) is 3.53. The molecule has 0 fully saturated rings. The van der Waals surface area contributed by atoms with Crippen molar-refractivity contribution in [1.82, 2.24) is 10.2 Å². The van der Waals surface area contributed by atoms with Crippen LogP contribution in [0.3, 0.4) is 0 Å². The van der Waals surface area contributed by atoms with Gasteiger partial charge in [0.05, 0.1) is 17.0 Å². The molecule has 2 aromatic heterocycles. The van der Waals surface area contributed by atoms with Crippen LogP contribution in [0.15, 0.2) is 63.3 Å². The molecule has 2 aromatic carbocycles. The monoisotopic (exact) mass is 379 g/mol. The summed E-state index contributed by atoms with van der Waals surface area (Å²) in [5.41, 5.74) is 2.36. The number of hydrogen-bond acceptors (Lipinski definition) is 6. The molecule has 132 valence electrons. The van der Waals surface area contributed by atoms with Gasteiger partial charge in [0.2, 0.25) is 10.9 Å². The molecule has 0 N–H and O–H groups in total. The fourth-order valence-electron chi connectivity index (χ4n) is 3.35. The highest BCUT2D eigenvalue weighted by Gasteiger charge is 2.44. The molecule has 4 aromatic rings. The second kappa shape index (κ2) is 5.82. The molecule has 0 radical (unpaired) electrons. The Hall–Kier alpha value is -3.39. The van der Waals surface area contributed by atoms with E-state index in [4.69, 9.17) is 4.42 Å². The van der Waals surface area contributed by atoms with Gasteiger partial charge in [-0.15, -0.1) is 10.2 Å². The van der Waals surface area contributed by atoms with Gasteiger partial charge in [0.25, 0.3) is 5.91 Å². The van der Waals surface area contributed by atoms with E-state index in [0.717, 1.165) is 0 Å². The average molecular weight is 379 g/mol. The summed E-state index contributed by atoms with van der Waals surface area (Å²) < 4.78 is 19.2. The third kappa shape index (κ3) is 2.30. The third-order valence-corrected chi connectivity index (χ3v) is 5.21. The van der Waals surface area contributed by atoms with E-state index in [1.807, 2.05) is 0 Å². The van der Waals surface area contributed by atoms with E-state index in [1.165, 1.54) is 33.9 Å². The maximum absolute atomic E-state index is 13.4. The van der Waals surface area contributed by atoms with Gasteiger partial charge in [0, 0.05) is 0 Å². The highest BCUT2D eigenvalue weighted by molar-refractivity contribution is 7.13. The molecule has 5 rings (SSSR count). The van der Waals surface area contributed by atoms with Crippen LogP contribution in [-0.4, -0.2) is 16.1 Å². The molecule has 3 heterocycles. The lowest BCUT2D eigenvalue weighted by Gasteiger charge is -2.21. The number of aromatic nitrogens is 2. The van der Waals surface area contributed by atoms with Crippen molar-refractivity contribution in [2.24, 2.45) is 0 Å². The minimum atomic E-state index is -0.762. The first-order valence-corrected chi connectivity index (χ1v) is 8.94. The maximum atomic E-state index is 13.4. The van der Waals surface area contributed by atoms with Crippen molar-refractivity contribution in [3.8, 4) is 0 Å². The molecule has 1 amide bonds. The molecule has 6 nitrogen and oxygen atoms in total. The Balaban J connectivity index is 1.83. The number of amides is 1. The van der Waals surface area contributed by atoms with Gasteiger partial charge >= 0.3 is 0 Å². The number of carbonyl (C=O) groups is 1. The summed E-state index contributed by atoms with van der Waals surface area (Å²) in [7, 11) is 0. The first-order chi connectivity index (χ1) is 13.1. The van der Waals surface area contributed by atoms with Crippen LogP contribution in [0.25, 0.3) is 11.0 Å². The van der Waals surface area contributed by atoms with Crippen LogP contribution in [0, 0.1) is 5.82 Å². The van der Waals surface area contributed by atoms with Gasteiger partial charge in [0.15, 0.2) is 5.43 Å². The molecule has 0 bridgehead atoms. The van der Waals surface area contributed by atoms with Crippen LogP contribution in [0.1, 0.15) is 27.7 Å². The standard InChI is InChI=1S/C19H10FN3O3S/c20-11-7-5-10(6-8-11)15-14-16(24)12-3-1-2-4-13(12)26-17(14)18(25)23(15)19-22-21-9-27-19/h1-9,15H/t15-/m1/s1. The van der Waals surface area contributed by atoms with Gasteiger partial charge < -0.3 is 4.42 Å². The number of benzene rings is 2. The van der Waals surface area contributed by atoms with Crippen molar-refractivity contribution in [1.29, 1.82) is 0 Å². The number of hydrogen-bond donors (Lipinski definition) is 0. The summed E-state index contributed by atoms with van der Waals surface area (Å²) in [4.78, 5) is 27.7. The fraction of sp³-hybridized carbons (Fsp3) is 0.0526. The highest BCUT2D eigenvalue weighted by atomic mass is 32.1. The lowest BCUT2D eigenvalue weighted by atomic mass is 9.99. The fourth-order valence-corrected chi connectivity index (χ4v) is 3.93. The predicted molar refractivity (Wildman–Crippen MR) is 97.4 cm³/mol. The SMILES string of the molecule is O=C1c2oc3ccccc3c(=O)c2[C@@H](c2ccc(F)cc2)N1c1nncs1. The number of nitrogens with zero attached hydrogens (tertiary/aromatic N) is 3. The normalized spacial score (nSPS) is 16.1. The van der Waals surface area contributed by atoms with Crippen LogP contribution >= 0.6 is 11.3 Å². The lowest BCUT2D eigenvalue weighted by Crippen LogP contribution is -2.29. The molecule has 0 aliphatic carbocycles. The van der Waals surface area contributed by atoms with E-state index >= 15 is 0 Å². The van der Waals surface area contributed by atoms with Gasteiger partial charge in [-0.1, -0.05) is 35.6 Å². The third-order valence-electron chi connectivity index (χ3n) is 4.52. The van der Waals surface area contributed by atoms with Crippen molar-refractivity contribution in [3.05, 3.63) is 87.0 Å². The van der Waals surface area contributed by atoms with Crippen molar-refractivity contribution in [2.45, 2.75) is 6.04 Å². The second-order valence-electron chi connectivity index (χ2n) is 6.02. The van der Waals surface area contributed by atoms with E-state index < -0.39 is 17.8 Å². The van der Waals surface area contributed by atoms with Gasteiger partial charge in [-0.2, -0.15) is 0 Å². The zero-order valence-electron chi connectivity index (χ0n) is 13.6. The molecule has 0 unspecified atom stereocenters. The highest BCUT2D eigenvalue weighted by Crippen LogP contribution is 2.41. The summed E-state index contributed by atoms with van der Waals surface area (Å²) in [5.74, 6) is -0.904. The molecular weight excluding hydrogens is 369 g/mol. The smallest absolute Gasteiger partial charge is 0.297 e. The molecule has 0 spiro atoms. The molecule has 8 heteroatoms. The van der Waals surface area contributed by atoms with Gasteiger partial charge in [-0.3, -0.25) is 14.5 Å². The number of fused-ring (bicyclic) bond motifs is 2. The largest absolute Gasteiger partial charge is 0.450 e. The average Bonchev–Trinajstić information content (AvgIpc) is 3.30. The Bertz CT molecular complexity index is 1240. The van der Waals surface area contributed by atoms with Crippen molar-refractivity contribution < 1.29 is 13.6 Å². The van der Waals surface area contributed by atoms with Crippen LogP contribution in [0.2, 0.25) is 0 Å². The van der Waals surface area contributed by atoms with E-state index in [9.17, 15) is 14.0 Å². The minimum Gasteiger partial charge on any atom is -0.450 e. The van der Waals surface area contributed by atoms with E-state index in [1.54, 1.807) is 36.4 Å². The molecule has 1 aliphatic heterocycles. The number of carbonyl (C=O) groups excluding carboxylic acids is 1. The molecule has 1 aliphatic rings. The van der Waals surface area contributed by atoms with Crippen LogP contribution in [0.4, 0.5) is 9.52 Å². The zero-order chi connectivity index (χ0) is 18.5. The molecule has 0 saturated carbocycles. The quantitative estimate of drug-likeness (QED) is 0.533. The van der Waals surface area contributed by atoms with E-state index in [-0.39, 0.29) is 16.8 Å². The van der Waals surface area contributed by atoms with Crippen molar-refractivity contribution in [2.75, 3.05) is 4.90 Å². The summed E-state index contributed by atoms with van der Waals surface area (Å²) in [6.45, 7) is 0. The number of para-hydroxylation sites is 1. The van der Waals surface area contributed by atoms with Crippen molar-refractivity contribution in [3.63, 3.8) is 0 Å². The summed E-state index contributed by atoms with van der Waals surface area (Å²) in [5, 5.41) is 8.49. The van der Waals surface area contributed by atoms with E-state index in [0.29, 0.717) is 21.7 Å².